The molecule has 1 aromatic carbocycles. The molecule has 0 atom stereocenters. The highest BCUT2D eigenvalue weighted by molar-refractivity contribution is 7.92. The number of alkyl carbamates (subject to hydrolysis) is 1. The van der Waals surface area contributed by atoms with Crippen molar-refractivity contribution in [2.75, 3.05) is 23.7 Å². The molecule has 0 bridgehead atoms. The third kappa shape index (κ3) is 6.66. The zero-order valence-corrected chi connectivity index (χ0v) is 15.6. The van der Waals surface area contributed by atoms with Crippen molar-refractivity contribution in [3.63, 3.8) is 0 Å². The first kappa shape index (κ1) is 19.6. The van der Waals surface area contributed by atoms with Crippen LogP contribution in [0.25, 0.3) is 0 Å². The third-order valence-electron chi connectivity index (χ3n) is 2.83. The molecule has 1 N–H and O–H groups in total. The predicted octanol–water partition coefficient (Wildman–Crippen LogP) is 2.94. The van der Waals surface area contributed by atoms with Gasteiger partial charge >= 0.3 is 6.09 Å². The van der Waals surface area contributed by atoms with Crippen LogP contribution in [0.4, 0.5) is 10.5 Å². The Balaban J connectivity index is 2.78. The molecule has 1 amide bonds. The first-order valence-electron chi connectivity index (χ1n) is 7.11. The maximum Gasteiger partial charge on any atom is 0.407 e. The summed E-state index contributed by atoms with van der Waals surface area (Å²) in [5.74, 6) is 0. The zero-order chi connectivity index (χ0) is 17.8. The summed E-state index contributed by atoms with van der Waals surface area (Å²) in [7, 11) is -3.50. The predicted molar refractivity (Wildman–Crippen MR) is 92.6 cm³/mol. The number of hydrogen-bond donors (Lipinski definition) is 1. The largest absolute Gasteiger partial charge is 0.444 e. The van der Waals surface area contributed by atoms with E-state index in [-0.39, 0.29) is 13.1 Å². The van der Waals surface area contributed by atoms with Crippen molar-refractivity contribution < 1.29 is 17.9 Å². The number of sulfonamides is 1. The molecule has 0 saturated carbocycles. The number of anilines is 1. The lowest BCUT2D eigenvalue weighted by atomic mass is 10.2. The van der Waals surface area contributed by atoms with Gasteiger partial charge in [-0.05, 0) is 45.4 Å². The summed E-state index contributed by atoms with van der Waals surface area (Å²) in [4.78, 5) is 11.6. The standard InChI is InChI=1S/C15H23ClN2O4S/c1-11-6-7-12(10-13(11)16)18(23(5,20)21)9-8-17-14(19)22-15(2,3)4/h6-7,10H,8-9H2,1-5H3,(H,17,19). The van der Waals surface area contributed by atoms with Crippen LogP contribution in [-0.4, -0.2) is 39.5 Å². The molecule has 0 aromatic heterocycles. The van der Waals surface area contributed by atoms with Crippen molar-refractivity contribution >= 4 is 33.4 Å². The van der Waals surface area contributed by atoms with Gasteiger partial charge in [0, 0.05) is 11.6 Å². The van der Waals surface area contributed by atoms with Crippen LogP contribution in [0.1, 0.15) is 26.3 Å². The molecule has 0 unspecified atom stereocenters. The summed E-state index contributed by atoms with van der Waals surface area (Å²) in [6.45, 7) is 7.29. The molecule has 130 valence electrons. The fraction of sp³-hybridized carbons (Fsp3) is 0.533. The van der Waals surface area contributed by atoms with Crippen molar-refractivity contribution in [2.45, 2.75) is 33.3 Å². The number of aryl methyl sites for hydroxylation is 1. The number of rotatable bonds is 5. The molecule has 1 aromatic rings. The van der Waals surface area contributed by atoms with E-state index < -0.39 is 21.7 Å². The average molecular weight is 363 g/mol. The molecule has 0 heterocycles. The van der Waals surface area contributed by atoms with Crippen LogP contribution >= 0.6 is 11.6 Å². The highest BCUT2D eigenvalue weighted by atomic mass is 35.5. The third-order valence-corrected chi connectivity index (χ3v) is 4.43. The van der Waals surface area contributed by atoms with Gasteiger partial charge in [-0.2, -0.15) is 0 Å². The van der Waals surface area contributed by atoms with E-state index in [9.17, 15) is 13.2 Å². The van der Waals surface area contributed by atoms with Gasteiger partial charge in [0.25, 0.3) is 0 Å². The van der Waals surface area contributed by atoms with Gasteiger partial charge in [0.2, 0.25) is 10.0 Å². The normalized spacial score (nSPS) is 11.9. The van der Waals surface area contributed by atoms with Crippen LogP contribution in [0.2, 0.25) is 5.02 Å². The molecular formula is C15H23ClN2O4S. The number of hydrogen-bond acceptors (Lipinski definition) is 4. The zero-order valence-electron chi connectivity index (χ0n) is 14.0. The molecule has 23 heavy (non-hydrogen) atoms. The van der Waals surface area contributed by atoms with Crippen molar-refractivity contribution in [3.8, 4) is 0 Å². The Bertz CT molecular complexity index is 669. The van der Waals surface area contributed by atoms with E-state index >= 15 is 0 Å². The topological polar surface area (TPSA) is 75.7 Å². The van der Waals surface area contributed by atoms with Crippen LogP contribution in [0.3, 0.4) is 0 Å². The second-order valence-corrected chi connectivity index (χ2v) is 8.51. The Morgan fingerprint density at radius 1 is 1.35 bits per heavy atom. The Labute approximate surface area is 142 Å². The maximum atomic E-state index is 12.0. The number of amides is 1. The molecule has 0 saturated heterocycles. The fourth-order valence-electron chi connectivity index (χ4n) is 1.80. The summed E-state index contributed by atoms with van der Waals surface area (Å²) in [5, 5.41) is 3.02. The molecule has 0 aliphatic carbocycles. The minimum atomic E-state index is -3.50. The highest BCUT2D eigenvalue weighted by Crippen LogP contribution is 2.24. The van der Waals surface area contributed by atoms with E-state index in [1.165, 1.54) is 4.31 Å². The van der Waals surface area contributed by atoms with Gasteiger partial charge in [0.15, 0.2) is 0 Å². The van der Waals surface area contributed by atoms with Gasteiger partial charge in [0.05, 0.1) is 18.5 Å². The van der Waals surface area contributed by atoms with Gasteiger partial charge in [-0.15, -0.1) is 0 Å². The lowest BCUT2D eigenvalue weighted by Gasteiger charge is -2.24. The summed E-state index contributed by atoms with van der Waals surface area (Å²) in [6.07, 6.45) is 0.515. The fourth-order valence-corrected chi connectivity index (χ4v) is 2.89. The van der Waals surface area contributed by atoms with Crippen molar-refractivity contribution in [2.24, 2.45) is 0 Å². The molecular weight excluding hydrogens is 340 g/mol. The van der Waals surface area contributed by atoms with Crippen LogP contribution in [0.5, 0.6) is 0 Å². The lowest BCUT2D eigenvalue weighted by molar-refractivity contribution is 0.0529. The molecule has 0 aliphatic rings. The second-order valence-electron chi connectivity index (χ2n) is 6.20. The first-order valence-corrected chi connectivity index (χ1v) is 9.33. The smallest absolute Gasteiger partial charge is 0.407 e. The van der Waals surface area contributed by atoms with E-state index in [0.29, 0.717) is 10.7 Å². The second kappa shape index (κ2) is 7.40. The molecule has 0 fully saturated rings. The summed E-state index contributed by atoms with van der Waals surface area (Å²) < 4.78 is 30.2. The van der Waals surface area contributed by atoms with Crippen molar-refractivity contribution in [3.05, 3.63) is 28.8 Å². The van der Waals surface area contributed by atoms with Gasteiger partial charge in [-0.3, -0.25) is 4.31 Å². The number of carbonyl (C=O) groups is 1. The van der Waals surface area contributed by atoms with Gasteiger partial charge in [-0.1, -0.05) is 17.7 Å². The lowest BCUT2D eigenvalue weighted by Crippen LogP contribution is -2.40. The van der Waals surface area contributed by atoms with Crippen LogP contribution in [0, 0.1) is 6.92 Å². The Morgan fingerprint density at radius 3 is 2.43 bits per heavy atom. The number of nitrogens with one attached hydrogen (secondary N) is 1. The molecule has 0 spiro atoms. The molecule has 8 heteroatoms. The van der Waals surface area contributed by atoms with E-state index in [2.05, 4.69) is 5.32 Å². The molecule has 6 nitrogen and oxygen atoms in total. The van der Waals surface area contributed by atoms with Crippen LogP contribution in [0.15, 0.2) is 18.2 Å². The number of halogens is 1. The number of carbonyl (C=O) groups excluding carboxylic acids is 1. The van der Waals surface area contributed by atoms with Gasteiger partial charge in [0.1, 0.15) is 5.60 Å². The minimum Gasteiger partial charge on any atom is -0.444 e. The summed E-state index contributed by atoms with van der Waals surface area (Å²) in [6, 6.07) is 5.01. The average Bonchev–Trinajstić information content (AvgIpc) is 2.34. The maximum absolute atomic E-state index is 12.0. The number of ether oxygens (including phenoxy) is 1. The van der Waals surface area contributed by atoms with Gasteiger partial charge in [-0.25, -0.2) is 13.2 Å². The van der Waals surface area contributed by atoms with Crippen LogP contribution in [-0.2, 0) is 14.8 Å². The minimum absolute atomic E-state index is 0.0808. The number of benzene rings is 1. The quantitative estimate of drug-likeness (QED) is 0.873. The molecule has 0 radical (unpaired) electrons. The molecule has 0 aliphatic heterocycles. The first-order chi connectivity index (χ1) is 10.4. The Kier molecular flexibility index (Phi) is 6.30. The summed E-state index contributed by atoms with van der Waals surface area (Å²) in [5.41, 5.74) is 0.704. The van der Waals surface area contributed by atoms with Gasteiger partial charge < -0.3 is 10.1 Å². The Hall–Kier alpha value is -1.47. The Morgan fingerprint density at radius 2 is 1.96 bits per heavy atom. The van der Waals surface area contributed by atoms with Crippen molar-refractivity contribution in [1.82, 2.24) is 5.32 Å². The SMILES string of the molecule is Cc1ccc(N(CCNC(=O)OC(C)(C)C)S(C)(=O)=O)cc1Cl. The molecule has 1 rings (SSSR count). The van der Waals surface area contributed by atoms with E-state index in [1.807, 2.05) is 6.92 Å². The van der Waals surface area contributed by atoms with Crippen molar-refractivity contribution in [1.29, 1.82) is 0 Å². The van der Waals surface area contributed by atoms with Crippen LogP contribution < -0.4 is 9.62 Å². The van der Waals surface area contributed by atoms with E-state index in [4.69, 9.17) is 16.3 Å². The monoisotopic (exact) mass is 362 g/mol. The van der Waals surface area contributed by atoms with E-state index in [1.54, 1.807) is 39.0 Å². The summed E-state index contributed by atoms with van der Waals surface area (Å²) >= 11 is 6.05. The number of nitrogens with zero attached hydrogens (tertiary/aromatic N) is 1. The van der Waals surface area contributed by atoms with E-state index in [0.717, 1.165) is 11.8 Å². The highest BCUT2D eigenvalue weighted by Gasteiger charge is 2.19.